The summed E-state index contributed by atoms with van der Waals surface area (Å²) in [4.78, 5) is 23.9. The van der Waals surface area contributed by atoms with Crippen LogP contribution in [-0.2, 0) is 17.9 Å². The molecule has 0 saturated carbocycles. The Hall–Kier alpha value is -2.73. The van der Waals surface area contributed by atoms with Crippen LogP contribution in [0.3, 0.4) is 0 Å². The van der Waals surface area contributed by atoms with Gasteiger partial charge in [-0.2, -0.15) is 0 Å². The highest BCUT2D eigenvalue weighted by Crippen LogP contribution is 2.21. The van der Waals surface area contributed by atoms with Gasteiger partial charge in [0.15, 0.2) is 0 Å². The van der Waals surface area contributed by atoms with E-state index in [-0.39, 0.29) is 16.5 Å². The summed E-state index contributed by atoms with van der Waals surface area (Å²) in [6.07, 6.45) is 0. The van der Waals surface area contributed by atoms with Crippen LogP contribution in [-0.4, -0.2) is 22.8 Å². The standard InChI is InChI=1S/C17H19N3O3/c1-13(21)18-16-9-5-3-7-14(16)11-19(2)12-15-8-4-6-10-17(15)20(22)23/h3-10H,11-12H2,1-2H3,(H,18,21). The molecular formula is C17H19N3O3. The van der Waals surface area contributed by atoms with Crippen molar-refractivity contribution >= 4 is 17.3 Å². The fourth-order valence-electron chi connectivity index (χ4n) is 2.43. The molecule has 120 valence electrons. The molecule has 0 atom stereocenters. The largest absolute Gasteiger partial charge is 0.326 e. The van der Waals surface area contributed by atoms with Crippen molar-refractivity contribution in [2.75, 3.05) is 12.4 Å². The van der Waals surface area contributed by atoms with E-state index in [4.69, 9.17) is 0 Å². The fraction of sp³-hybridized carbons (Fsp3) is 0.235. The third-order valence-electron chi connectivity index (χ3n) is 3.40. The summed E-state index contributed by atoms with van der Waals surface area (Å²) >= 11 is 0. The Morgan fingerprint density at radius 3 is 2.30 bits per heavy atom. The summed E-state index contributed by atoms with van der Waals surface area (Å²) in [6, 6.07) is 14.3. The average Bonchev–Trinajstić information content (AvgIpc) is 2.49. The molecule has 1 amide bonds. The summed E-state index contributed by atoms with van der Waals surface area (Å²) in [5, 5.41) is 13.9. The SMILES string of the molecule is CC(=O)Nc1ccccc1CN(C)Cc1ccccc1[N+](=O)[O-]. The number of nitrogens with one attached hydrogen (secondary N) is 1. The highest BCUT2D eigenvalue weighted by atomic mass is 16.6. The molecule has 23 heavy (non-hydrogen) atoms. The van der Waals surface area contributed by atoms with Gasteiger partial charge in [0.2, 0.25) is 5.91 Å². The molecule has 0 saturated heterocycles. The Kier molecular flexibility index (Phi) is 5.43. The van der Waals surface area contributed by atoms with E-state index < -0.39 is 0 Å². The van der Waals surface area contributed by atoms with Crippen molar-refractivity contribution < 1.29 is 9.72 Å². The second-order valence-electron chi connectivity index (χ2n) is 5.40. The van der Waals surface area contributed by atoms with E-state index in [1.165, 1.54) is 13.0 Å². The van der Waals surface area contributed by atoms with Crippen molar-refractivity contribution in [1.29, 1.82) is 0 Å². The lowest BCUT2D eigenvalue weighted by molar-refractivity contribution is -0.385. The lowest BCUT2D eigenvalue weighted by Gasteiger charge is -2.19. The van der Waals surface area contributed by atoms with Gasteiger partial charge in [-0.25, -0.2) is 0 Å². The lowest BCUT2D eigenvalue weighted by atomic mass is 10.1. The molecule has 0 aromatic heterocycles. The monoisotopic (exact) mass is 313 g/mol. The van der Waals surface area contributed by atoms with Crippen molar-refractivity contribution in [2.45, 2.75) is 20.0 Å². The smallest absolute Gasteiger partial charge is 0.273 e. The Balaban J connectivity index is 2.13. The average molecular weight is 313 g/mol. The van der Waals surface area contributed by atoms with Crippen molar-refractivity contribution in [2.24, 2.45) is 0 Å². The Labute approximate surface area is 134 Å². The minimum Gasteiger partial charge on any atom is -0.326 e. The molecule has 0 aliphatic carbocycles. The molecule has 6 nitrogen and oxygen atoms in total. The summed E-state index contributed by atoms with van der Waals surface area (Å²) < 4.78 is 0. The minimum absolute atomic E-state index is 0.120. The first-order chi connectivity index (χ1) is 11.0. The number of hydrogen-bond donors (Lipinski definition) is 1. The molecule has 0 spiro atoms. The topological polar surface area (TPSA) is 75.5 Å². The number of anilines is 1. The van der Waals surface area contributed by atoms with Crippen LogP contribution < -0.4 is 5.32 Å². The van der Waals surface area contributed by atoms with Gasteiger partial charge in [-0.15, -0.1) is 0 Å². The molecule has 1 N–H and O–H groups in total. The van der Waals surface area contributed by atoms with E-state index in [0.717, 1.165) is 11.3 Å². The number of hydrogen-bond acceptors (Lipinski definition) is 4. The Morgan fingerprint density at radius 1 is 1.09 bits per heavy atom. The van der Waals surface area contributed by atoms with Gasteiger partial charge < -0.3 is 5.32 Å². The van der Waals surface area contributed by atoms with Crippen molar-refractivity contribution in [3.8, 4) is 0 Å². The van der Waals surface area contributed by atoms with Gasteiger partial charge in [0.1, 0.15) is 0 Å². The van der Waals surface area contributed by atoms with Gasteiger partial charge in [0.05, 0.1) is 4.92 Å². The first-order valence-corrected chi connectivity index (χ1v) is 7.23. The molecular weight excluding hydrogens is 294 g/mol. The lowest BCUT2D eigenvalue weighted by Crippen LogP contribution is -2.19. The number of nitro groups is 1. The van der Waals surface area contributed by atoms with Crippen LogP contribution in [0.1, 0.15) is 18.1 Å². The number of amides is 1. The van der Waals surface area contributed by atoms with Crippen LogP contribution in [0.4, 0.5) is 11.4 Å². The van der Waals surface area contributed by atoms with Gasteiger partial charge in [-0.3, -0.25) is 19.8 Å². The van der Waals surface area contributed by atoms with Crippen molar-refractivity contribution in [1.82, 2.24) is 4.90 Å². The van der Waals surface area contributed by atoms with E-state index in [2.05, 4.69) is 5.32 Å². The van der Waals surface area contributed by atoms with Gasteiger partial charge >= 0.3 is 0 Å². The van der Waals surface area contributed by atoms with E-state index in [0.29, 0.717) is 18.7 Å². The second-order valence-corrected chi connectivity index (χ2v) is 5.40. The van der Waals surface area contributed by atoms with Crippen LogP contribution in [0, 0.1) is 10.1 Å². The number of carbonyl (C=O) groups is 1. The maximum Gasteiger partial charge on any atom is 0.273 e. The number of nitrogens with zero attached hydrogens (tertiary/aromatic N) is 2. The zero-order valence-electron chi connectivity index (χ0n) is 13.2. The first-order valence-electron chi connectivity index (χ1n) is 7.23. The summed E-state index contributed by atoms with van der Waals surface area (Å²) in [7, 11) is 1.89. The molecule has 6 heteroatoms. The molecule has 0 fully saturated rings. The number of nitro benzene ring substituents is 1. The number of para-hydroxylation sites is 2. The number of benzene rings is 2. The maximum atomic E-state index is 11.3. The normalized spacial score (nSPS) is 10.6. The van der Waals surface area contributed by atoms with Gasteiger partial charge in [-0.05, 0) is 18.7 Å². The molecule has 0 radical (unpaired) electrons. The molecule has 0 aliphatic heterocycles. The van der Waals surface area contributed by atoms with E-state index in [1.54, 1.807) is 18.2 Å². The Morgan fingerprint density at radius 2 is 1.65 bits per heavy atom. The first kappa shape index (κ1) is 16.6. The van der Waals surface area contributed by atoms with E-state index in [1.807, 2.05) is 36.2 Å². The maximum absolute atomic E-state index is 11.3. The van der Waals surface area contributed by atoms with E-state index in [9.17, 15) is 14.9 Å². The summed E-state index contributed by atoms with van der Waals surface area (Å²) in [5.41, 5.74) is 2.50. The molecule has 0 bridgehead atoms. The molecule has 0 unspecified atom stereocenters. The summed E-state index contributed by atoms with van der Waals surface area (Å²) in [6.45, 7) is 2.49. The third-order valence-corrected chi connectivity index (χ3v) is 3.40. The fourth-order valence-corrected chi connectivity index (χ4v) is 2.43. The molecule has 2 aromatic carbocycles. The summed E-state index contributed by atoms with van der Waals surface area (Å²) in [5.74, 6) is -0.126. The van der Waals surface area contributed by atoms with Gasteiger partial charge in [0.25, 0.3) is 5.69 Å². The highest BCUT2D eigenvalue weighted by molar-refractivity contribution is 5.89. The molecule has 0 aliphatic rings. The quantitative estimate of drug-likeness (QED) is 0.656. The van der Waals surface area contributed by atoms with Crippen LogP contribution in [0.25, 0.3) is 0 Å². The van der Waals surface area contributed by atoms with Crippen LogP contribution >= 0.6 is 0 Å². The third kappa shape index (κ3) is 4.62. The van der Waals surface area contributed by atoms with Crippen LogP contribution in [0.2, 0.25) is 0 Å². The predicted molar refractivity (Wildman–Crippen MR) is 89.0 cm³/mol. The van der Waals surface area contributed by atoms with E-state index >= 15 is 0 Å². The zero-order valence-corrected chi connectivity index (χ0v) is 13.2. The molecule has 0 heterocycles. The predicted octanol–water partition coefficient (Wildman–Crippen LogP) is 3.19. The Bertz CT molecular complexity index is 716. The van der Waals surface area contributed by atoms with Crippen molar-refractivity contribution in [3.05, 3.63) is 69.8 Å². The number of carbonyl (C=O) groups excluding carboxylic acids is 1. The second kappa shape index (κ2) is 7.51. The van der Waals surface area contributed by atoms with Crippen LogP contribution in [0.5, 0.6) is 0 Å². The number of rotatable bonds is 6. The zero-order chi connectivity index (χ0) is 16.8. The minimum atomic E-state index is -0.367. The van der Waals surface area contributed by atoms with Crippen LogP contribution in [0.15, 0.2) is 48.5 Å². The van der Waals surface area contributed by atoms with Crippen molar-refractivity contribution in [3.63, 3.8) is 0 Å². The van der Waals surface area contributed by atoms with Gasteiger partial charge in [0, 0.05) is 37.3 Å². The molecule has 2 aromatic rings. The molecule has 2 rings (SSSR count). The van der Waals surface area contributed by atoms with Gasteiger partial charge in [-0.1, -0.05) is 36.4 Å². The highest BCUT2D eigenvalue weighted by Gasteiger charge is 2.14.